The third-order valence-electron chi connectivity index (χ3n) is 22.6. The van der Waals surface area contributed by atoms with Gasteiger partial charge in [0.25, 0.3) is 11.8 Å². The molecule has 2 spiro atoms. The zero-order valence-electron chi connectivity index (χ0n) is 54.9. The summed E-state index contributed by atoms with van der Waals surface area (Å²) in [4.78, 5) is 31.8. The Morgan fingerprint density at radius 2 is 1.00 bits per heavy atom. The normalized spacial score (nSPS) is 33.2. The van der Waals surface area contributed by atoms with Crippen LogP contribution in [0.5, 0.6) is 11.5 Å². The van der Waals surface area contributed by atoms with Crippen LogP contribution in [-0.2, 0) is 53.2 Å². The first-order valence-electron chi connectivity index (χ1n) is 33.4. The molecular weight excluding hydrogens is 1240 g/mol. The maximum Gasteiger partial charge on any atom is 0.264 e. The molecule has 4 aliphatic heterocycles. The highest BCUT2D eigenvalue weighted by Gasteiger charge is 2.51. The van der Waals surface area contributed by atoms with Crippen LogP contribution in [0.2, 0.25) is 10.0 Å². The Balaban J connectivity index is 0.000000188. The number of hydrogen-bond donors (Lipinski definition) is 2. The number of halogens is 2. The monoisotopic (exact) mass is 1330 g/mol. The predicted molar refractivity (Wildman–Crippen MR) is 369 cm³/mol. The first kappa shape index (κ1) is 67.8. The van der Waals surface area contributed by atoms with Crippen LogP contribution in [0.25, 0.3) is 0 Å². The van der Waals surface area contributed by atoms with Crippen molar-refractivity contribution in [3.8, 4) is 11.5 Å². The van der Waals surface area contributed by atoms with Gasteiger partial charge < -0.3 is 28.7 Å². The highest BCUT2D eigenvalue weighted by atomic mass is 35.5. The van der Waals surface area contributed by atoms with Gasteiger partial charge in [0.15, 0.2) is 0 Å². The van der Waals surface area contributed by atoms with Gasteiger partial charge in [0, 0.05) is 72.4 Å². The van der Waals surface area contributed by atoms with Gasteiger partial charge in [-0.1, -0.05) is 97.8 Å². The average Bonchev–Trinajstić information content (AvgIpc) is 1.58. The van der Waals surface area contributed by atoms with Crippen molar-refractivity contribution in [3.05, 3.63) is 165 Å². The summed E-state index contributed by atoms with van der Waals surface area (Å²) >= 11 is 12.9. The van der Waals surface area contributed by atoms with Crippen molar-refractivity contribution >= 4 is 66.4 Å². The summed E-state index contributed by atoms with van der Waals surface area (Å²) < 4.78 is 84.4. The van der Waals surface area contributed by atoms with Crippen LogP contribution in [0, 0.1) is 35.5 Å². The number of rotatable bonds is 6. The van der Waals surface area contributed by atoms with E-state index in [4.69, 9.17) is 42.1 Å². The van der Waals surface area contributed by atoms with E-state index in [0.29, 0.717) is 60.5 Å². The summed E-state index contributed by atoms with van der Waals surface area (Å²) in [5.41, 5.74) is 5.87. The molecule has 4 heterocycles. The standard InChI is InChI=1S/2C37H47ClN2O5S/c2*1-5-6-18-37(44-4)19-7-9-25(2)26(3)46(42,43)39-35(41)28-12-16-34-33(21-28)40(22-29-11-14-32(29)37)23-36(24-45-34)17-8-10-27-20-30(38)13-15-31(27)36/h2*5-7,12-13,15-16,19-21,25-26,29,32H,8-11,14,17-18,22-24H2,1-4H3,(H,39,41)/b2*6-5+,19-7+/t2*25-,26+,29-,32+,36-,37-/m00/s1. The van der Waals surface area contributed by atoms with Crippen LogP contribution in [-0.4, -0.2) is 104 Å². The molecule has 0 saturated heterocycles. The van der Waals surface area contributed by atoms with Gasteiger partial charge in [-0.2, -0.15) is 0 Å². The molecular formula is C74H94Cl2N4O10S2. The lowest BCUT2D eigenvalue weighted by Crippen LogP contribution is -2.53. The van der Waals surface area contributed by atoms with Crippen molar-refractivity contribution in [1.29, 1.82) is 0 Å². The van der Waals surface area contributed by atoms with Crippen molar-refractivity contribution in [2.24, 2.45) is 35.5 Å². The molecule has 4 aromatic rings. The molecule has 2 saturated carbocycles. The van der Waals surface area contributed by atoms with Gasteiger partial charge in [-0.05, 0) is 236 Å². The predicted octanol–water partition coefficient (Wildman–Crippen LogP) is 14.5. The van der Waals surface area contributed by atoms with Gasteiger partial charge in [0.2, 0.25) is 20.0 Å². The molecule has 2 N–H and O–H groups in total. The maximum absolute atomic E-state index is 13.5. The van der Waals surface area contributed by atoms with Crippen LogP contribution in [0.1, 0.15) is 162 Å². The lowest BCUT2D eigenvalue weighted by atomic mass is 9.63. The molecule has 14 nitrogen and oxygen atoms in total. The molecule has 12 atom stereocenters. The summed E-state index contributed by atoms with van der Waals surface area (Å²) in [7, 11) is -4.25. The van der Waals surface area contributed by atoms with Crippen molar-refractivity contribution in [2.45, 2.75) is 164 Å². The Kier molecular flexibility index (Phi) is 20.3. The van der Waals surface area contributed by atoms with E-state index in [2.05, 4.69) is 92.1 Å². The van der Waals surface area contributed by atoms with Crippen LogP contribution in [0.15, 0.2) is 121 Å². The molecule has 496 valence electrons. The fraction of sp³-hybridized carbons (Fsp3) is 0.541. The zero-order chi connectivity index (χ0) is 65.4. The minimum Gasteiger partial charge on any atom is -0.490 e. The molecule has 8 aliphatic rings. The van der Waals surface area contributed by atoms with E-state index in [1.807, 2.05) is 64.1 Å². The van der Waals surface area contributed by atoms with Crippen LogP contribution < -0.4 is 28.7 Å². The molecule has 12 rings (SSSR count). The maximum atomic E-state index is 13.5. The molecule has 4 aromatic carbocycles. The van der Waals surface area contributed by atoms with E-state index in [1.54, 1.807) is 40.2 Å². The molecule has 2 fully saturated rings. The molecule has 92 heavy (non-hydrogen) atoms. The highest BCUT2D eigenvalue weighted by Crippen LogP contribution is 2.53. The number of nitrogens with one attached hydrogen (secondary N) is 2. The van der Waals surface area contributed by atoms with Crippen LogP contribution in [0.3, 0.4) is 0 Å². The zero-order valence-corrected chi connectivity index (χ0v) is 58.0. The van der Waals surface area contributed by atoms with Crippen LogP contribution in [0.4, 0.5) is 11.4 Å². The first-order valence-corrected chi connectivity index (χ1v) is 37.3. The number of anilines is 2. The number of fused-ring (bicyclic) bond motifs is 8. The number of hydrogen-bond acceptors (Lipinski definition) is 12. The summed E-state index contributed by atoms with van der Waals surface area (Å²) in [6.45, 7) is 15.3. The number of sulfonamides is 2. The Morgan fingerprint density at radius 3 is 1.37 bits per heavy atom. The van der Waals surface area contributed by atoms with Gasteiger partial charge in [0.05, 0.1) is 46.3 Å². The van der Waals surface area contributed by atoms with Gasteiger partial charge in [-0.15, -0.1) is 0 Å². The Morgan fingerprint density at radius 1 is 0.587 bits per heavy atom. The Bertz CT molecular complexity index is 3520. The van der Waals surface area contributed by atoms with Gasteiger partial charge in [-0.3, -0.25) is 9.59 Å². The van der Waals surface area contributed by atoms with Crippen molar-refractivity contribution in [1.82, 2.24) is 9.44 Å². The van der Waals surface area contributed by atoms with Crippen molar-refractivity contribution < 1.29 is 45.4 Å². The molecule has 0 radical (unpaired) electrons. The average molecular weight is 1330 g/mol. The van der Waals surface area contributed by atoms with Crippen molar-refractivity contribution in [2.75, 3.05) is 63.4 Å². The topological polar surface area (TPSA) is 170 Å². The number of carbonyl (C=O) groups excluding carboxylic acids is 2. The number of allylic oxidation sites excluding steroid dienone is 4. The van der Waals surface area contributed by atoms with E-state index >= 15 is 0 Å². The van der Waals surface area contributed by atoms with Gasteiger partial charge in [-0.25, -0.2) is 26.3 Å². The SMILES string of the molecule is C/C=C/C[C@]1(OC)/C=C/C[C@H](C)[C@@H](C)S(=O)(=O)NC(=O)c2ccc3c(c2)N(C[C@@H]2CC[C@H]21)C[C@@]1(CCCc2cc(Cl)ccc21)CO3.C/C=C/C[C@]1(OC)/C=C/C[C@H](C)[C@@H](C)S(=O)(=O)NC(=O)c2ccc3c(c2)N(C[C@@H]2CC[C@H]21)C[C@@]1(CCCc2cc(Cl)ccc21)CO3. The van der Waals surface area contributed by atoms with Gasteiger partial charge >= 0.3 is 0 Å². The lowest BCUT2D eigenvalue weighted by Gasteiger charge is -2.50. The Hall–Kier alpha value is -5.62. The highest BCUT2D eigenvalue weighted by molar-refractivity contribution is 7.91. The number of carbonyl (C=O) groups is 2. The largest absolute Gasteiger partial charge is 0.490 e. The number of benzene rings is 4. The second kappa shape index (κ2) is 27.6. The smallest absolute Gasteiger partial charge is 0.264 e. The van der Waals surface area contributed by atoms with E-state index < -0.39 is 53.6 Å². The second-order valence-electron chi connectivity index (χ2n) is 27.9. The molecule has 18 heteroatoms. The minimum atomic E-state index is -3.93. The number of nitrogens with zero attached hydrogens (tertiary/aromatic N) is 2. The summed E-state index contributed by atoms with van der Waals surface area (Å²) in [6.07, 6.45) is 29.9. The molecule has 4 aliphatic carbocycles. The molecule has 0 unspecified atom stereocenters. The van der Waals surface area contributed by atoms with E-state index in [0.717, 1.165) is 125 Å². The fourth-order valence-electron chi connectivity index (χ4n) is 16.4. The van der Waals surface area contributed by atoms with Crippen LogP contribution >= 0.6 is 23.2 Å². The van der Waals surface area contributed by atoms with E-state index in [-0.39, 0.29) is 34.5 Å². The number of amides is 2. The summed E-state index contributed by atoms with van der Waals surface area (Å²) in [5.74, 6) is 1.04. The third kappa shape index (κ3) is 13.5. The summed E-state index contributed by atoms with van der Waals surface area (Å²) in [5, 5.41) is -0.0395. The molecule has 2 amide bonds. The van der Waals surface area contributed by atoms with E-state index in [9.17, 15) is 26.4 Å². The third-order valence-corrected chi connectivity index (χ3v) is 26.9. The number of ether oxygens (including phenoxy) is 4. The second-order valence-corrected chi connectivity index (χ2v) is 32.9. The Labute approximate surface area is 557 Å². The quantitative estimate of drug-likeness (QED) is 0.175. The minimum absolute atomic E-state index is 0.205. The first-order chi connectivity index (χ1) is 44.0. The number of aryl methyl sites for hydroxylation is 2. The lowest BCUT2D eigenvalue weighted by molar-refractivity contribution is -0.0730. The van der Waals surface area contributed by atoms with Gasteiger partial charge in [0.1, 0.15) is 11.5 Å². The fourth-order valence-corrected chi connectivity index (χ4v) is 19.3. The summed E-state index contributed by atoms with van der Waals surface area (Å²) in [6, 6.07) is 23.1. The van der Waals surface area contributed by atoms with Crippen molar-refractivity contribution in [3.63, 3.8) is 0 Å². The van der Waals surface area contributed by atoms with E-state index in [1.165, 1.54) is 22.3 Å². The number of methoxy groups -OCH3 is 2. The molecule has 0 aromatic heterocycles. The molecule has 4 bridgehead atoms.